The molecule has 20 heavy (non-hydrogen) atoms. The Morgan fingerprint density at radius 2 is 1.80 bits per heavy atom. The SMILES string of the molecule is CCCNS(=O)(=O)c1ccccc1NC(C)C(C)(C)C. The van der Waals surface area contributed by atoms with Gasteiger partial charge in [-0.1, -0.05) is 39.8 Å². The fourth-order valence-corrected chi connectivity index (χ4v) is 2.89. The van der Waals surface area contributed by atoms with E-state index >= 15 is 0 Å². The Labute approximate surface area is 123 Å². The average Bonchev–Trinajstić information content (AvgIpc) is 2.36. The van der Waals surface area contributed by atoms with Gasteiger partial charge in [0.15, 0.2) is 0 Å². The minimum Gasteiger partial charge on any atom is -0.381 e. The first kappa shape index (κ1) is 17.0. The molecule has 4 nitrogen and oxygen atoms in total. The summed E-state index contributed by atoms with van der Waals surface area (Å²) in [6, 6.07) is 7.19. The van der Waals surface area contributed by atoms with Crippen LogP contribution in [0.15, 0.2) is 29.2 Å². The largest absolute Gasteiger partial charge is 0.381 e. The highest BCUT2D eigenvalue weighted by atomic mass is 32.2. The van der Waals surface area contributed by atoms with Gasteiger partial charge in [-0.05, 0) is 30.9 Å². The van der Waals surface area contributed by atoms with E-state index < -0.39 is 10.0 Å². The van der Waals surface area contributed by atoms with Gasteiger partial charge >= 0.3 is 0 Å². The number of para-hydroxylation sites is 1. The van der Waals surface area contributed by atoms with Crippen LogP contribution in [0.3, 0.4) is 0 Å². The summed E-state index contributed by atoms with van der Waals surface area (Å²) >= 11 is 0. The van der Waals surface area contributed by atoms with Crippen LogP contribution in [0.2, 0.25) is 0 Å². The van der Waals surface area contributed by atoms with E-state index in [1.165, 1.54) is 0 Å². The van der Waals surface area contributed by atoms with E-state index in [-0.39, 0.29) is 11.5 Å². The van der Waals surface area contributed by atoms with Crippen molar-refractivity contribution in [2.75, 3.05) is 11.9 Å². The Morgan fingerprint density at radius 3 is 2.35 bits per heavy atom. The van der Waals surface area contributed by atoms with E-state index in [4.69, 9.17) is 0 Å². The van der Waals surface area contributed by atoms with E-state index in [0.717, 1.165) is 6.42 Å². The molecule has 0 heterocycles. The molecule has 0 saturated heterocycles. The smallest absolute Gasteiger partial charge is 0.242 e. The molecule has 1 atom stereocenters. The van der Waals surface area contributed by atoms with Crippen LogP contribution in [0.1, 0.15) is 41.0 Å². The fourth-order valence-electron chi connectivity index (χ4n) is 1.58. The molecule has 5 heteroatoms. The van der Waals surface area contributed by atoms with Crippen molar-refractivity contribution in [2.24, 2.45) is 5.41 Å². The van der Waals surface area contributed by atoms with Gasteiger partial charge in [0.25, 0.3) is 0 Å². The molecule has 0 radical (unpaired) electrons. The second kappa shape index (κ2) is 6.59. The van der Waals surface area contributed by atoms with Crippen LogP contribution >= 0.6 is 0 Å². The van der Waals surface area contributed by atoms with Crippen molar-refractivity contribution in [1.29, 1.82) is 0 Å². The Hall–Kier alpha value is -1.07. The molecule has 1 aromatic rings. The van der Waals surface area contributed by atoms with E-state index in [0.29, 0.717) is 17.1 Å². The summed E-state index contributed by atoms with van der Waals surface area (Å²) < 4.78 is 27.2. The van der Waals surface area contributed by atoms with E-state index in [1.54, 1.807) is 12.1 Å². The quantitative estimate of drug-likeness (QED) is 0.848. The van der Waals surface area contributed by atoms with Gasteiger partial charge in [-0.2, -0.15) is 0 Å². The molecule has 0 aliphatic rings. The standard InChI is InChI=1S/C15H26N2O2S/c1-6-11-16-20(18,19)14-10-8-7-9-13(14)17-12(2)15(3,4)5/h7-10,12,16-17H,6,11H2,1-5H3. The molecule has 0 fully saturated rings. The maximum atomic E-state index is 12.3. The van der Waals surface area contributed by atoms with Crippen molar-refractivity contribution in [3.63, 3.8) is 0 Å². The van der Waals surface area contributed by atoms with Gasteiger partial charge in [-0.15, -0.1) is 0 Å². The summed E-state index contributed by atoms with van der Waals surface area (Å²) in [5, 5.41) is 3.31. The molecule has 0 amide bonds. The number of hydrogen-bond donors (Lipinski definition) is 2. The second-order valence-corrected chi connectivity index (χ2v) is 7.86. The molecule has 0 spiro atoms. The van der Waals surface area contributed by atoms with Crippen LogP contribution in [0.5, 0.6) is 0 Å². The maximum absolute atomic E-state index is 12.3. The number of rotatable bonds is 6. The number of sulfonamides is 1. The molecule has 0 aromatic heterocycles. The summed E-state index contributed by atoms with van der Waals surface area (Å²) in [7, 11) is -3.46. The number of anilines is 1. The van der Waals surface area contributed by atoms with Crippen molar-refractivity contribution in [1.82, 2.24) is 4.72 Å². The molecule has 2 N–H and O–H groups in total. The van der Waals surface area contributed by atoms with E-state index in [2.05, 4.69) is 37.7 Å². The molecular formula is C15H26N2O2S. The van der Waals surface area contributed by atoms with Gasteiger partial charge in [-0.25, -0.2) is 13.1 Å². The van der Waals surface area contributed by atoms with Gasteiger partial charge in [0, 0.05) is 12.6 Å². The van der Waals surface area contributed by atoms with Crippen LogP contribution in [0.25, 0.3) is 0 Å². The first-order chi connectivity index (χ1) is 9.18. The molecule has 0 aliphatic heterocycles. The Morgan fingerprint density at radius 1 is 1.20 bits per heavy atom. The lowest BCUT2D eigenvalue weighted by Crippen LogP contribution is -2.32. The summed E-state index contributed by atoms with van der Waals surface area (Å²) in [6.07, 6.45) is 0.771. The number of hydrogen-bond acceptors (Lipinski definition) is 3. The van der Waals surface area contributed by atoms with Crippen LogP contribution in [0.4, 0.5) is 5.69 Å². The minimum absolute atomic E-state index is 0.0493. The lowest BCUT2D eigenvalue weighted by Gasteiger charge is -2.29. The topological polar surface area (TPSA) is 58.2 Å². The first-order valence-electron chi connectivity index (χ1n) is 7.03. The van der Waals surface area contributed by atoms with Crippen molar-refractivity contribution < 1.29 is 8.42 Å². The average molecular weight is 298 g/mol. The third-order valence-corrected chi connectivity index (χ3v) is 4.91. The van der Waals surface area contributed by atoms with Gasteiger partial charge < -0.3 is 5.32 Å². The van der Waals surface area contributed by atoms with Crippen molar-refractivity contribution >= 4 is 15.7 Å². The number of nitrogens with one attached hydrogen (secondary N) is 2. The number of benzene rings is 1. The van der Waals surface area contributed by atoms with Crippen LogP contribution in [-0.4, -0.2) is 21.0 Å². The molecular weight excluding hydrogens is 272 g/mol. The maximum Gasteiger partial charge on any atom is 0.242 e. The van der Waals surface area contributed by atoms with E-state index in [9.17, 15) is 8.42 Å². The lowest BCUT2D eigenvalue weighted by molar-refractivity contribution is 0.359. The van der Waals surface area contributed by atoms with Crippen LogP contribution < -0.4 is 10.0 Å². The third kappa shape index (κ3) is 4.49. The zero-order valence-electron chi connectivity index (χ0n) is 13.0. The Bertz CT molecular complexity index is 533. The van der Waals surface area contributed by atoms with Crippen molar-refractivity contribution in [3.8, 4) is 0 Å². The van der Waals surface area contributed by atoms with Gasteiger partial charge in [0.05, 0.1) is 5.69 Å². The zero-order chi connectivity index (χ0) is 15.4. The first-order valence-corrected chi connectivity index (χ1v) is 8.52. The molecule has 114 valence electrons. The predicted octanol–water partition coefficient (Wildman–Crippen LogP) is 3.22. The highest BCUT2D eigenvalue weighted by molar-refractivity contribution is 7.89. The Kier molecular flexibility index (Phi) is 5.59. The van der Waals surface area contributed by atoms with Gasteiger partial charge in [0.1, 0.15) is 4.90 Å². The summed E-state index contributed by atoms with van der Waals surface area (Å²) in [5.41, 5.74) is 0.701. The second-order valence-electron chi connectivity index (χ2n) is 6.13. The van der Waals surface area contributed by atoms with Gasteiger partial charge in [-0.3, -0.25) is 0 Å². The molecule has 0 aliphatic carbocycles. The molecule has 0 bridgehead atoms. The highest BCUT2D eigenvalue weighted by Gasteiger charge is 2.23. The predicted molar refractivity (Wildman–Crippen MR) is 84.5 cm³/mol. The monoisotopic (exact) mass is 298 g/mol. The summed E-state index contributed by atoms with van der Waals surface area (Å²) in [6.45, 7) is 10.8. The van der Waals surface area contributed by atoms with Crippen molar-refractivity contribution in [3.05, 3.63) is 24.3 Å². The third-order valence-electron chi connectivity index (χ3n) is 3.39. The van der Waals surface area contributed by atoms with Crippen molar-refractivity contribution in [2.45, 2.75) is 52.0 Å². The Balaban J connectivity index is 3.06. The summed E-state index contributed by atoms with van der Waals surface area (Å²) in [4.78, 5) is 0.310. The van der Waals surface area contributed by atoms with Crippen LogP contribution in [-0.2, 0) is 10.0 Å². The normalized spacial score (nSPS) is 14.1. The molecule has 0 saturated carbocycles. The van der Waals surface area contributed by atoms with E-state index in [1.807, 2.05) is 19.1 Å². The summed E-state index contributed by atoms with van der Waals surface area (Å²) in [5.74, 6) is 0. The molecule has 1 aromatic carbocycles. The zero-order valence-corrected chi connectivity index (χ0v) is 13.8. The fraction of sp³-hybridized carbons (Fsp3) is 0.600. The molecule has 1 rings (SSSR count). The van der Waals surface area contributed by atoms with Crippen LogP contribution in [0, 0.1) is 5.41 Å². The highest BCUT2D eigenvalue weighted by Crippen LogP contribution is 2.26. The van der Waals surface area contributed by atoms with Gasteiger partial charge in [0.2, 0.25) is 10.0 Å². The molecule has 1 unspecified atom stereocenters. The minimum atomic E-state index is -3.46. The lowest BCUT2D eigenvalue weighted by atomic mass is 9.88.